The van der Waals surface area contributed by atoms with Crippen LogP contribution in [0.1, 0.15) is 32.6 Å². The van der Waals surface area contributed by atoms with Crippen molar-refractivity contribution >= 4 is 11.9 Å². The second-order valence-electron chi connectivity index (χ2n) is 3.04. The van der Waals surface area contributed by atoms with Crippen LogP contribution in [-0.2, 0) is 14.4 Å². The molecular weight excluding hydrogens is 163 g/mol. The van der Waals surface area contributed by atoms with Crippen molar-refractivity contribution in [2.24, 2.45) is 0 Å². The molecule has 0 aliphatic heterocycles. The average molecular weight is 174 g/mol. The third-order valence-corrected chi connectivity index (χ3v) is 1.85. The number of hydrogen-bond donors (Lipinski definition) is 0. The molecule has 0 unspecified atom stereocenters. The van der Waals surface area contributed by atoms with Crippen LogP contribution in [0.3, 0.4) is 0 Å². The SMILES string of the molecule is CC1(F)CCC(=O)CC1.O=C=O. The first kappa shape index (κ1) is 11.0. The molecule has 0 N–H and O–H groups in total. The van der Waals surface area contributed by atoms with E-state index in [4.69, 9.17) is 9.59 Å². The van der Waals surface area contributed by atoms with Gasteiger partial charge in [0, 0.05) is 12.8 Å². The summed E-state index contributed by atoms with van der Waals surface area (Å²) in [5.41, 5.74) is -1.06. The monoisotopic (exact) mass is 174 g/mol. The molecule has 68 valence electrons. The molecule has 0 heterocycles. The summed E-state index contributed by atoms with van der Waals surface area (Å²) in [5, 5.41) is 0. The van der Waals surface area contributed by atoms with Crippen molar-refractivity contribution in [1.29, 1.82) is 0 Å². The van der Waals surface area contributed by atoms with Gasteiger partial charge in [-0.15, -0.1) is 0 Å². The highest BCUT2D eigenvalue weighted by molar-refractivity contribution is 5.79. The van der Waals surface area contributed by atoms with E-state index in [-0.39, 0.29) is 11.9 Å². The molecule has 0 aromatic heterocycles. The Morgan fingerprint density at radius 1 is 1.33 bits per heavy atom. The normalized spacial score (nSPS) is 20.3. The topological polar surface area (TPSA) is 51.2 Å². The molecule has 0 aromatic carbocycles. The van der Waals surface area contributed by atoms with Gasteiger partial charge in [0.05, 0.1) is 0 Å². The molecule has 0 spiro atoms. The molecule has 12 heavy (non-hydrogen) atoms. The quantitative estimate of drug-likeness (QED) is 0.555. The van der Waals surface area contributed by atoms with Crippen LogP contribution < -0.4 is 0 Å². The number of carbonyl (C=O) groups is 1. The first-order valence-corrected chi connectivity index (χ1v) is 3.72. The van der Waals surface area contributed by atoms with E-state index in [1.54, 1.807) is 6.92 Å². The van der Waals surface area contributed by atoms with Gasteiger partial charge in [0.25, 0.3) is 0 Å². The minimum atomic E-state index is -1.06. The number of halogens is 1. The molecule has 1 rings (SSSR count). The Kier molecular flexibility index (Phi) is 4.37. The van der Waals surface area contributed by atoms with Gasteiger partial charge in [-0.05, 0) is 19.8 Å². The summed E-state index contributed by atoms with van der Waals surface area (Å²) < 4.78 is 12.9. The molecule has 0 saturated heterocycles. The molecular formula is C8H11FO3. The van der Waals surface area contributed by atoms with Gasteiger partial charge in [-0.25, -0.2) is 4.39 Å². The zero-order valence-corrected chi connectivity index (χ0v) is 6.93. The van der Waals surface area contributed by atoms with E-state index in [0.29, 0.717) is 25.7 Å². The fraction of sp³-hybridized carbons (Fsp3) is 0.750. The van der Waals surface area contributed by atoms with Crippen molar-refractivity contribution in [3.63, 3.8) is 0 Å². The van der Waals surface area contributed by atoms with Crippen molar-refractivity contribution < 1.29 is 18.8 Å². The first-order chi connectivity index (χ1) is 5.52. The number of carbonyl (C=O) groups excluding carboxylic acids is 3. The highest BCUT2D eigenvalue weighted by Crippen LogP contribution is 2.28. The van der Waals surface area contributed by atoms with E-state index in [9.17, 15) is 9.18 Å². The third kappa shape index (κ3) is 4.74. The van der Waals surface area contributed by atoms with Crippen LogP contribution in [0, 0.1) is 0 Å². The molecule has 0 atom stereocenters. The van der Waals surface area contributed by atoms with E-state index in [2.05, 4.69) is 0 Å². The van der Waals surface area contributed by atoms with Crippen LogP contribution in [0.25, 0.3) is 0 Å². The second-order valence-corrected chi connectivity index (χ2v) is 3.04. The maximum Gasteiger partial charge on any atom is 0.373 e. The predicted octanol–water partition coefficient (Wildman–Crippen LogP) is 1.27. The smallest absolute Gasteiger partial charge is 0.300 e. The van der Waals surface area contributed by atoms with E-state index in [1.165, 1.54) is 0 Å². The van der Waals surface area contributed by atoms with Gasteiger partial charge in [0.2, 0.25) is 0 Å². The molecule has 1 saturated carbocycles. The van der Waals surface area contributed by atoms with Gasteiger partial charge >= 0.3 is 6.15 Å². The molecule has 0 amide bonds. The van der Waals surface area contributed by atoms with E-state index >= 15 is 0 Å². The highest BCUT2D eigenvalue weighted by Gasteiger charge is 2.28. The van der Waals surface area contributed by atoms with Crippen molar-refractivity contribution in [1.82, 2.24) is 0 Å². The minimum Gasteiger partial charge on any atom is -0.300 e. The molecule has 3 nitrogen and oxygen atoms in total. The number of ketones is 1. The summed E-state index contributed by atoms with van der Waals surface area (Å²) in [5.74, 6) is 0.213. The summed E-state index contributed by atoms with van der Waals surface area (Å²) in [6.45, 7) is 1.57. The standard InChI is InChI=1S/C7H11FO.CO2/c1-7(8)4-2-6(9)3-5-7;2-1-3/h2-5H2,1H3;. The zero-order chi connectivity index (χ0) is 9.61. The molecule has 1 fully saturated rings. The summed E-state index contributed by atoms with van der Waals surface area (Å²) >= 11 is 0. The fourth-order valence-corrected chi connectivity index (χ4v) is 1.05. The van der Waals surface area contributed by atoms with E-state index in [0.717, 1.165) is 0 Å². The maximum absolute atomic E-state index is 12.9. The molecule has 4 heteroatoms. The van der Waals surface area contributed by atoms with Gasteiger partial charge in [-0.2, -0.15) is 9.59 Å². The second kappa shape index (κ2) is 4.78. The largest absolute Gasteiger partial charge is 0.373 e. The molecule has 0 radical (unpaired) electrons. The van der Waals surface area contributed by atoms with Gasteiger partial charge < -0.3 is 0 Å². The number of rotatable bonds is 0. The molecule has 1 aliphatic carbocycles. The fourth-order valence-electron chi connectivity index (χ4n) is 1.05. The lowest BCUT2D eigenvalue weighted by molar-refractivity contribution is -0.191. The van der Waals surface area contributed by atoms with Crippen LogP contribution >= 0.6 is 0 Å². The van der Waals surface area contributed by atoms with Crippen LogP contribution in [-0.4, -0.2) is 17.6 Å². The highest BCUT2D eigenvalue weighted by atomic mass is 19.1. The summed E-state index contributed by atoms with van der Waals surface area (Å²) in [7, 11) is 0. The van der Waals surface area contributed by atoms with Crippen LogP contribution in [0.5, 0.6) is 0 Å². The minimum absolute atomic E-state index is 0.213. The van der Waals surface area contributed by atoms with Gasteiger partial charge in [-0.1, -0.05) is 0 Å². The van der Waals surface area contributed by atoms with Gasteiger partial charge in [0.15, 0.2) is 0 Å². The van der Waals surface area contributed by atoms with Crippen LogP contribution in [0.2, 0.25) is 0 Å². The molecule has 0 aromatic rings. The van der Waals surface area contributed by atoms with Crippen molar-refractivity contribution in [2.75, 3.05) is 0 Å². The Balaban J connectivity index is 0.000000354. The maximum atomic E-state index is 12.9. The van der Waals surface area contributed by atoms with E-state index in [1.807, 2.05) is 0 Å². The van der Waals surface area contributed by atoms with Crippen molar-refractivity contribution in [2.45, 2.75) is 38.3 Å². The number of hydrogen-bond acceptors (Lipinski definition) is 3. The Bertz CT molecular complexity index is 180. The summed E-state index contributed by atoms with van der Waals surface area (Å²) in [6, 6.07) is 0. The van der Waals surface area contributed by atoms with E-state index < -0.39 is 5.67 Å². The lowest BCUT2D eigenvalue weighted by Gasteiger charge is -2.23. The van der Waals surface area contributed by atoms with Crippen molar-refractivity contribution in [3.05, 3.63) is 0 Å². The van der Waals surface area contributed by atoms with Gasteiger partial charge in [0.1, 0.15) is 11.5 Å². The Labute approximate surface area is 69.9 Å². The predicted molar refractivity (Wildman–Crippen MR) is 38.0 cm³/mol. The summed E-state index contributed by atoms with van der Waals surface area (Å²) in [4.78, 5) is 26.8. The Morgan fingerprint density at radius 2 is 1.67 bits per heavy atom. The van der Waals surface area contributed by atoms with Crippen LogP contribution in [0.4, 0.5) is 4.39 Å². The lowest BCUT2D eigenvalue weighted by Crippen LogP contribution is -2.25. The van der Waals surface area contributed by atoms with Gasteiger partial charge in [-0.3, -0.25) is 4.79 Å². The molecule has 1 aliphatic rings. The lowest BCUT2D eigenvalue weighted by atomic mass is 9.87. The Morgan fingerprint density at radius 3 is 1.92 bits per heavy atom. The Hall–Kier alpha value is -1.02. The van der Waals surface area contributed by atoms with Crippen LogP contribution in [0.15, 0.2) is 0 Å². The number of alkyl halides is 1. The summed E-state index contributed by atoms with van der Waals surface area (Å²) in [6.07, 6.45) is 1.97. The third-order valence-electron chi connectivity index (χ3n) is 1.85. The van der Waals surface area contributed by atoms with Crippen molar-refractivity contribution in [3.8, 4) is 0 Å². The average Bonchev–Trinajstić information content (AvgIpc) is 1.98. The first-order valence-electron chi connectivity index (χ1n) is 3.72. The zero-order valence-electron chi connectivity index (χ0n) is 6.93. The molecule has 0 bridgehead atoms. The number of Topliss-reactive ketones (excluding diaryl/α,β-unsaturated/α-hetero) is 1.